The first kappa shape index (κ1) is 9.40. The van der Waals surface area contributed by atoms with Crippen molar-refractivity contribution < 1.29 is 24.9 Å². The van der Waals surface area contributed by atoms with Crippen molar-refractivity contribution in [3.8, 4) is 0 Å². The van der Waals surface area contributed by atoms with Gasteiger partial charge in [0.25, 0.3) is 0 Å². The normalized spacial score (nSPS) is 42.6. The van der Waals surface area contributed by atoms with Crippen LogP contribution < -0.4 is 5.73 Å². The molecule has 0 aromatic heterocycles. The molecule has 70 valence electrons. The number of aliphatic hydroxyl groups excluding tert-OH is 3. The molecule has 0 spiro atoms. The number of amides is 1. The topological polar surface area (TPSA) is 113 Å². The predicted octanol–water partition coefficient (Wildman–Crippen LogP) is -3.05. The van der Waals surface area contributed by atoms with E-state index in [0.717, 1.165) is 0 Å². The minimum atomic E-state index is -1.45. The van der Waals surface area contributed by atoms with Crippen LogP contribution in [0, 0.1) is 0 Å². The lowest BCUT2D eigenvalue weighted by Gasteiger charge is -2.33. The highest BCUT2D eigenvalue weighted by Gasteiger charge is 2.40. The Hall–Kier alpha value is -0.690. The molecule has 1 saturated heterocycles. The Kier molecular flexibility index (Phi) is 2.63. The molecule has 0 unspecified atom stereocenters. The smallest absolute Gasteiger partial charge is 0.249 e. The van der Waals surface area contributed by atoms with Gasteiger partial charge >= 0.3 is 0 Å². The van der Waals surface area contributed by atoms with E-state index in [0.29, 0.717) is 0 Å². The molecule has 1 fully saturated rings. The quantitative estimate of drug-likeness (QED) is 0.340. The van der Waals surface area contributed by atoms with Gasteiger partial charge in [-0.05, 0) is 0 Å². The summed E-state index contributed by atoms with van der Waals surface area (Å²) in [6.07, 6.45) is -5.23. The standard InChI is InChI=1S/C6H11NO5/c7-6(11)5-4(10)3(9)2(8)1-12-5/h2-5,8-10H,1H2,(H2,7,11)/t2-,3+,4-,5-/m0/s1. The maximum Gasteiger partial charge on any atom is 0.249 e. The van der Waals surface area contributed by atoms with E-state index in [-0.39, 0.29) is 6.61 Å². The third-order valence-electron chi connectivity index (χ3n) is 1.78. The Morgan fingerprint density at radius 3 is 2.42 bits per heavy atom. The van der Waals surface area contributed by atoms with Gasteiger partial charge in [-0.2, -0.15) is 0 Å². The summed E-state index contributed by atoms with van der Waals surface area (Å²) in [6.45, 7) is -0.203. The van der Waals surface area contributed by atoms with Crippen LogP contribution in [-0.4, -0.2) is 52.2 Å². The summed E-state index contributed by atoms with van der Waals surface area (Å²) >= 11 is 0. The maximum absolute atomic E-state index is 10.6. The Morgan fingerprint density at radius 1 is 1.33 bits per heavy atom. The summed E-state index contributed by atoms with van der Waals surface area (Å²) in [5.41, 5.74) is 4.85. The lowest BCUT2D eigenvalue weighted by molar-refractivity contribution is -0.190. The first-order valence-corrected chi connectivity index (χ1v) is 3.49. The molecule has 4 atom stereocenters. The summed E-state index contributed by atoms with van der Waals surface area (Å²) in [5, 5.41) is 27.2. The second kappa shape index (κ2) is 3.36. The molecule has 1 amide bonds. The molecule has 5 N–H and O–H groups in total. The maximum atomic E-state index is 10.6. The first-order valence-electron chi connectivity index (χ1n) is 3.49. The zero-order valence-corrected chi connectivity index (χ0v) is 6.25. The van der Waals surface area contributed by atoms with Gasteiger partial charge in [0.1, 0.15) is 18.3 Å². The molecule has 1 heterocycles. The SMILES string of the molecule is NC(=O)[C@H]1OC[C@H](O)[C@@H](O)[C@@H]1O. The van der Waals surface area contributed by atoms with Crippen molar-refractivity contribution in [2.24, 2.45) is 5.73 Å². The van der Waals surface area contributed by atoms with Gasteiger partial charge in [-0.3, -0.25) is 4.79 Å². The fourth-order valence-corrected chi connectivity index (χ4v) is 1.06. The summed E-state index contributed by atoms with van der Waals surface area (Å²) in [7, 11) is 0. The Bertz CT molecular complexity index is 185. The third kappa shape index (κ3) is 1.56. The van der Waals surface area contributed by atoms with E-state index in [2.05, 4.69) is 0 Å². The summed E-state index contributed by atoms with van der Waals surface area (Å²) < 4.78 is 4.70. The minimum absolute atomic E-state index is 0.203. The number of carbonyl (C=O) groups is 1. The van der Waals surface area contributed by atoms with Gasteiger partial charge in [0, 0.05) is 0 Å². The van der Waals surface area contributed by atoms with Gasteiger partial charge < -0.3 is 25.8 Å². The highest BCUT2D eigenvalue weighted by atomic mass is 16.5. The highest BCUT2D eigenvalue weighted by molar-refractivity contribution is 5.79. The van der Waals surface area contributed by atoms with Gasteiger partial charge in [0.15, 0.2) is 6.10 Å². The second-order valence-electron chi connectivity index (χ2n) is 2.70. The predicted molar refractivity (Wildman–Crippen MR) is 37.0 cm³/mol. The number of hydrogen-bond donors (Lipinski definition) is 4. The van der Waals surface area contributed by atoms with Crippen molar-refractivity contribution in [3.63, 3.8) is 0 Å². The van der Waals surface area contributed by atoms with E-state index < -0.39 is 30.3 Å². The van der Waals surface area contributed by atoms with E-state index in [1.165, 1.54) is 0 Å². The molecule has 1 rings (SSSR count). The van der Waals surface area contributed by atoms with Crippen molar-refractivity contribution >= 4 is 5.91 Å². The average Bonchev–Trinajstić information content (AvgIpc) is 2.00. The van der Waals surface area contributed by atoms with Gasteiger partial charge in [-0.15, -0.1) is 0 Å². The lowest BCUT2D eigenvalue weighted by Crippen LogP contribution is -2.57. The Labute approximate surface area is 68.6 Å². The van der Waals surface area contributed by atoms with E-state index in [4.69, 9.17) is 25.8 Å². The van der Waals surface area contributed by atoms with Crippen LogP contribution in [-0.2, 0) is 9.53 Å². The van der Waals surface area contributed by atoms with Crippen LogP contribution in [0.5, 0.6) is 0 Å². The van der Waals surface area contributed by atoms with Crippen LogP contribution >= 0.6 is 0 Å². The van der Waals surface area contributed by atoms with Crippen LogP contribution in [0.3, 0.4) is 0 Å². The average molecular weight is 177 g/mol. The molecular weight excluding hydrogens is 166 g/mol. The number of ether oxygens (including phenoxy) is 1. The fourth-order valence-electron chi connectivity index (χ4n) is 1.06. The molecular formula is C6H11NO5. The zero-order valence-electron chi connectivity index (χ0n) is 6.25. The van der Waals surface area contributed by atoms with E-state index in [9.17, 15) is 4.79 Å². The van der Waals surface area contributed by atoms with E-state index in [1.807, 2.05) is 0 Å². The van der Waals surface area contributed by atoms with Crippen molar-refractivity contribution in [2.45, 2.75) is 24.4 Å². The van der Waals surface area contributed by atoms with Gasteiger partial charge in [-0.1, -0.05) is 0 Å². The van der Waals surface area contributed by atoms with Gasteiger partial charge in [-0.25, -0.2) is 0 Å². The second-order valence-corrected chi connectivity index (χ2v) is 2.70. The summed E-state index contributed by atoms with van der Waals surface area (Å²) in [6, 6.07) is 0. The van der Waals surface area contributed by atoms with Crippen molar-refractivity contribution in [1.29, 1.82) is 0 Å². The highest BCUT2D eigenvalue weighted by Crippen LogP contribution is 2.14. The summed E-state index contributed by atoms with van der Waals surface area (Å²) in [4.78, 5) is 10.6. The number of primary amides is 1. The monoisotopic (exact) mass is 177 g/mol. The molecule has 6 nitrogen and oxygen atoms in total. The molecule has 0 aromatic carbocycles. The molecule has 6 heteroatoms. The number of aliphatic hydroxyl groups is 3. The fraction of sp³-hybridized carbons (Fsp3) is 0.833. The third-order valence-corrected chi connectivity index (χ3v) is 1.78. The zero-order chi connectivity index (χ0) is 9.30. The Morgan fingerprint density at radius 2 is 1.92 bits per heavy atom. The van der Waals surface area contributed by atoms with Gasteiger partial charge in [0.05, 0.1) is 6.61 Å². The Balaban J connectivity index is 2.65. The molecule has 0 bridgehead atoms. The van der Waals surface area contributed by atoms with Gasteiger partial charge in [0.2, 0.25) is 5.91 Å². The number of hydrogen-bond acceptors (Lipinski definition) is 5. The van der Waals surface area contributed by atoms with Crippen molar-refractivity contribution in [1.82, 2.24) is 0 Å². The van der Waals surface area contributed by atoms with Crippen molar-refractivity contribution in [3.05, 3.63) is 0 Å². The van der Waals surface area contributed by atoms with E-state index >= 15 is 0 Å². The molecule has 0 radical (unpaired) electrons. The first-order chi connectivity index (χ1) is 5.54. The van der Waals surface area contributed by atoms with Crippen LogP contribution in [0.4, 0.5) is 0 Å². The molecule has 0 aliphatic carbocycles. The lowest BCUT2D eigenvalue weighted by atomic mass is 10.00. The van der Waals surface area contributed by atoms with Crippen molar-refractivity contribution in [2.75, 3.05) is 6.61 Å². The molecule has 1 aliphatic heterocycles. The number of rotatable bonds is 1. The number of carbonyl (C=O) groups excluding carboxylic acids is 1. The molecule has 0 saturated carbocycles. The van der Waals surface area contributed by atoms with Crippen LogP contribution in [0.2, 0.25) is 0 Å². The van der Waals surface area contributed by atoms with Crippen LogP contribution in [0.15, 0.2) is 0 Å². The summed E-state index contributed by atoms with van der Waals surface area (Å²) in [5.74, 6) is -0.853. The largest absolute Gasteiger partial charge is 0.388 e. The van der Waals surface area contributed by atoms with Crippen LogP contribution in [0.1, 0.15) is 0 Å². The minimum Gasteiger partial charge on any atom is -0.388 e. The van der Waals surface area contributed by atoms with Crippen LogP contribution in [0.25, 0.3) is 0 Å². The molecule has 1 aliphatic rings. The number of nitrogens with two attached hydrogens (primary N) is 1. The molecule has 0 aromatic rings. The molecule has 12 heavy (non-hydrogen) atoms. The van der Waals surface area contributed by atoms with E-state index in [1.54, 1.807) is 0 Å².